The van der Waals surface area contributed by atoms with Crippen molar-refractivity contribution < 1.29 is 23.1 Å². The summed E-state index contributed by atoms with van der Waals surface area (Å²) < 4.78 is 30.5. The van der Waals surface area contributed by atoms with E-state index >= 15 is 0 Å². The number of hydrogen-bond acceptors (Lipinski definition) is 5. The molecular weight excluding hydrogens is 248 g/mol. The number of aliphatic carboxylic acids is 1. The molecule has 0 aliphatic carbocycles. The van der Waals surface area contributed by atoms with Crippen LogP contribution >= 0.6 is 0 Å². The lowest BCUT2D eigenvalue weighted by Crippen LogP contribution is -2.51. The monoisotopic (exact) mass is 266 g/mol. The average Bonchev–Trinajstić information content (AvgIpc) is 2.28. The molecule has 2 unspecified atom stereocenters. The summed E-state index contributed by atoms with van der Waals surface area (Å²) in [6, 6.07) is 0. The van der Waals surface area contributed by atoms with E-state index in [0.717, 1.165) is 0 Å². The van der Waals surface area contributed by atoms with Crippen molar-refractivity contribution >= 4 is 16.0 Å². The third-order valence-corrected chi connectivity index (χ3v) is 4.83. The number of nitrogens with one attached hydrogen (secondary N) is 1. The fraction of sp³-hybridized carbons (Fsp3) is 0.889. The Morgan fingerprint density at radius 3 is 2.82 bits per heavy atom. The quantitative estimate of drug-likeness (QED) is 0.643. The molecule has 1 saturated heterocycles. The Morgan fingerprint density at radius 2 is 2.29 bits per heavy atom. The van der Waals surface area contributed by atoms with Crippen molar-refractivity contribution in [1.82, 2.24) is 9.62 Å². The van der Waals surface area contributed by atoms with Crippen LogP contribution in [0.1, 0.15) is 6.92 Å². The van der Waals surface area contributed by atoms with Crippen LogP contribution in [0, 0.1) is 0 Å². The first kappa shape index (κ1) is 14.4. The number of sulfonamides is 1. The highest BCUT2D eigenvalue weighted by atomic mass is 32.2. The van der Waals surface area contributed by atoms with Gasteiger partial charge in [-0.05, 0) is 14.0 Å². The van der Waals surface area contributed by atoms with Crippen molar-refractivity contribution in [2.75, 3.05) is 33.3 Å². The Kier molecular flexibility index (Phi) is 4.87. The van der Waals surface area contributed by atoms with Crippen molar-refractivity contribution in [2.24, 2.45) is 0 Å². The molecule has 8 heteroatoms. The van der Waals surface area contributed by atoms with Gasteiger partial charge in [0.25, 0.3) is 0 Å². The second kappa shape index (κ2) is 5.76. The first-order valence-corrected chi connectivity index (χ1v) is 6.88. The van der Waals surface area contributed by atoms with Gasteiger partial charge in [-0.25, -0.2) is 8.42 Å². The summed E-state index contributed by atoms with van der Waals surface area (Å²) >= 11 is 0. The van der Waals surface area contributed by atoms with E-state index < -0.39 is 21.2 Å². The number of carboxylic acid groups (broad SMARTS) is 1. The Balaban J connectivity index is 2.75. The Bertz CT molecular complexity index is 368. The minimum atomic E-state index is -3.79. The van der Waals surface area contributed by atoms with Gasteiger partial charge in [0, 0.05) is 19.6 Å². The van der Waals surface area contributed by atoms with Crippen LogP contribution in [0.4, 0.5) is 0 Å². The van der Waals surface area contributed by atoms with E-state index in [9.17, 15) is 13.2 Å². The smallest absolute Gasteiger partial charge is 0.323 e. The minimum Gasteiger partial charge on any atom is -0.480 e. The summed E-state index contributed by atoms with van der Waals surface area (Å²) in [5.41, 5.74) is 0. The number of likely N-dealkylation sites (N-methyl/N-ethyl adjacent to an activating group) is 1. The summed E-state index contributed by atoms with van der Waals surface area (Å²) in [5.74, 6) is -1.33. The van der Waals surface area contributed by atoms with E-state index in [1.807, 2.05) is 0 Å². The van der Waals surface area contributed by atoms with Gasteiger partial charge in [0.1, 0.15) is 0 Å². The summed E-state index contributed by atoms with van der Waals surface area (Å²) in [5, 5.41) is 10.2. The molecule has 100 valence electrons. The number of carbonyl (C=O) groups is 1. The van der Waals surface area contributed by atoms with Crippen LogP contribution in [0.2, 0.25) is 0 Å². The summed E-state index contributed by atoms with van der Waals surface area (Å²) in [7, 11) is -2.04. The van der Waals surface area contributed by atoms with Crippen molar-refractivity contribution in [2.45, 2.75) is 18.3 Å². The highest BCUT2D eigenvalue weighted by molar-refractivity contribution is 7.90. The first-order valence-electron chi connectivity index (χ1n) is 5.37. The van der Waals surface area contributed by atoms with Gasteiger partial charge >= 0.3 is 5.97 Å². The van der Waals surface area contributed by atoms with Crippen LogP contribution in [-0.4, -0.2) is 68.4 Å². The molecule has 0 bridgehead atoms. The molecule has 1 heterocycles. The van der Waals surface area contributed by atoms with Gasteiger partial charge in [-0.1, -0.05) is 0 Å². The zero-order valence-electron chi connectivity index (χ0n) is 9.92. The van der Waals surface area contributed by atoms with Crippen molar-refractivity contribution in [3.8, 4) is 0 Å². The standard InChI is InChI=1S/C9H18N2O5S/c1-7(9(12)13)17(14,15)11-3-4-16-8(6-11)5-10-2/h7-8,10H,3-6H2,1-2H3,(H,12,13). The third-order valence-electron chi connectivity index (χ3n) is 2.69. The van der Waals surface area contributed by atoms with Crippen LogP contribution < -0.4 is 5.32 Å². The largest absolute Gasteiger partial charge is 0.480 e. The topological polar surface area (TPSA) is 95.9 Å². The van der Waals surface area contributed by atoms with Gasteiger partial charge in [-0.2, -0.15) is 4.31 Å². The molecule has 0 spiro atoms. The van der Waals surface area contributed by atoms with Crippen molar-refractivity contribution in [3.05, 3.63) is 0 Å². The Labute approximate surface area is 101 Å². The zero-order valence-corrected chi connectivity index (χ0v) is 10.7. The second-order valence-corrected chi connectivity index (χ2v) is 6.19. The van der Waals surface area contributed by atoms with Crippen LogP contribution in [-0.2, 0) is 19.6 Å². The molecule has 1 rings (SSSR count). The van der Waals surface area contributed by atoms with Crippen molar-refractivity contribution in [1.29, 1.82) is 0 Å². The first-order chi connectivity index (χ1) is 7.89. The van der Waals surface area contributed by atoms with E-state index in [4.69, 9.17) is 9.84 Å². The van der Waals surface area contributed by atoms with Gasteiger partial charge in [0.2, 0.25) is 10.0 Å². The molecule has 7 nitrogen and oxygen atoms in total. The third kappa shape index (κ3) is 3.38. The highest BCUT2D eigenvalue weighted by Gasteiger charge is 2.36. The highest BCUT2D eigenvalue weighted by Crippen LogP contribution is 2.14. The zero-order chi connectivity index (χ0) is 13.1. The summed E-state index contributed by atoms with van der Waals surface area (Å²) in [6.45, 7) is 2.41. The summed E-state index contributed by atoms with van der Waals surface area (Å²) in [4.78, 5) is 10.7. The molecule has 0 radical (unpaired) electrons. The number of ether oxygens (including phenoxy) is 1. The predicted octanol–water partition coefficient (Wildman–Crippen LogP) is -1.29. The number of hydrogen-bond donors (Lipinski definition) is 2. The van der Waals surface area contributed by atoms with Crippen LogP contribution in [0.3, 0.4) is 0 Å². The molecule has 1 aliphatic rings. The molecular formula is C9H18N2O5S. The SMILES string of the molecule is CNCC1CN(S(=O)(=O)C(C)C(=O)O)CCO1. The van der Waals surface area contributed by atoms with E-state index in [0.29, 0.717) is 6.54 Å². The average molecular weight is 266 g/mol. The lowest BCUT2D eigenvalue weighted by atomic mass is 10.3. The van der Waals surface area contributed by atoms with Gasteiger partial charge in [-0.3, -0.25) is 4.79 Å². The lowest BCUT2D eigenvalue weighted by Gasteiger charge is -2.33. The minimum absolute atomic E-state index is 0.195. The van der Waals surface area contributed by atoms with E-state index in [1.165, 1.54) is 11.2 Å². The fourth-order valence-electron chi connectivity index (χ4n) is 1.63. The molecule has 2 N–H and O–H groups in total. The van der Waals surface area contributed by atoms with Crippen molar-refractivity contribution in [3.63, 3.8) is 0 Å². The van der Waals surface area contributed by atoms with E-state index in [2.05, 4.69) is 5.32 Å². The van der Waals surface area contributed by atoms with Crippen LogP contribution in [0.25, 0.3) is 0 Å². The van der Waals surface area contributed by atoms with E-state index in [-0.39, 0.29) is 25.8 Å². The van der Waals surface area contributed by atoms with E-state index in [1.54, 1.807) is 7.05 Å². The number of rotatable bonds is 5. The van der Waals surface area contributed by atoms with Gasteiger partial charge in [0.15, 0.2) is 5.25 Å². The number of morpholine rings is 1. The number of carboxylic acids is 1. The molecule has 1 fully saturated rings. The maximum absolute atomic E-state index is 11.9. The fourth-order valence-corrected chi connectivity index (χ4v) is 3.03. The Hall–Kier alpha value is -0.700. The Morgan fingerprint density at radius 1 is 1.65 bits per heavy atom. The molecule has 0 aromatic heterocycles. The number of nitrogens with zero attached hydrogens (tertiary/aromatic N) is 1. The maximum Gasteiger partial charge on any atom is 0.323 e. The normalized spacial score (nSPS) is 24.5. The van der Waals surface area contributed by atoms with Crippen LogP contribution in [0.15, 0.2) is 0 Å². The molecule has 0 aromatic carbocycles. The van der Waals surface area contributed by atoms with Crippen LogP contribution in [0.5, 0.6) is 0 Å². The molecule has 1 aliphatic heterocycles. The van der Waals surface area contributed by atoms with Gasteiger partial charge in [-0.15, -0.1) is 0 Å². The molecule has 0 amide bonds. The molecule has 2 atom stereocenters. The molecule has 0 aromatic rings. The molecule has 0 saturated carbocycles. The molecule has 17 heavy (non-hydrogen) atoms. The summed E-state index contributed by atoms with van der Waals surface area (Å²) in [6.07, 6.45) is -0.232. The maximum atomic E-state index is 11.9. The van der Waals surface area contributed by atoms with Gasteiger partial charge < -0.3 is 15.2 Å². The second-order valence-electron chi connectivity index (χ2n) is 3.93. The van der Waals surface area contributed by atoms with Gasteiger partial charge in [0.05, 0.1) is 12.7 Å². The predicted molar refractivity (Wildman–Crippen MR) is 61.3 cm³/mol. The lowest BCUT2D eigenvalue weighted by molar-refractivity contribution is -0.136.